The number of hydrogen-bond acceptors (Lipinski definition) is 3. The van der Waals surface area contributed by atoms with Crippen molar-refractivity contribution in [1.29, 1.82) is 0 Å². The van der Waals surface area contributed by atoms with Gasteiger partial charge < -0.3 is 4.42 Å². The Hall–Kier alpha value is -2.94. The summed E-state index contributed by atoms with van der Waals surface area (Å²) < 4.78 is 5.48. The molecular formula is C18H12N2O. The molecule has 0 aliphatic carbocycles. The maximum atomic E-state index is 5.48. The van der Waals surface area contributed by atoms with E-state index in [1.165, 1.54) is 6.39 Å². The van der Waals surface area contributed by atoms with Crippen LogP contribution in [0, 0.1) is 0 Å². The van der Waals surface area contributed by atoms with E-state index < -0.39 is 0 Å². The van der Waals surface area contributed by atoms with Gasteiger partial charge in [-0.1, -0.05) is 42.5 Å². The van der Waals surface area contributed by atoms with E-state index in [9.17, 15) is 0 Å². The molecule has 0 bridgehead atoms. The van der Waals surface area contributed by atoms with Crippen LogP contribution in [-0.4, -0.2) is 9.97 Å². The number of pyridine rings is 1. The van der Waals surface area contributed by atoms with E-state index in [1.54, 1.807) is 12.4 Å². The lowest BCUT2D eigenvalue weighted by atomic mass is 9.96. The average molecular weight is 272 g/mol. The van der Waals surface area contributed by atoms with Crippen LogP contribution in [0.4, 0.5) is 0 Å². The molecule has 0 aliphatic rings. The Bertz CT molecular complexity index is 878. The van der Waals surface area contributed by atoms with Crippen molar-refractivity contribution in [2.45, 2.75) is 0 Å². The molecule has 0 radical (unpaired) electrons. The van der Waals surface area contributed by atoms with Crippen molar-refractivity contribution in [2.24, 2.45) is 0 Å². The molecule has 3 nitrogen and oxygen atoms in total. The SMILES string of the molecule is c1ccc(-c2cccc3nccc(-c4cnco4)c23)cc1. The average Bonchev–Trinajstić information content (AvgIpc) is 3.09. The van der Waals surface area contributed by atoms with Crippen molar-refractivity contribution in [2.75, 3.05) is 0 Å². The molecule has 0 saturated heterocycles. The fraction of sp³-hybridized carbons (Fsp3) is 0. The van der Waals surface area contributed by atoms with Crippen LogP contribution in [0.1, 0.15) is 0 Å². The molecule has 0 atom stereocenters. The third-order valence-corrected chi connectivity index (χ3v) is 3.55. The van der Waals surface area contributed by atoms with E-state index in [0.717, 1.165) is 33.4 Å². The number of hydrogen-bond donors (Lipinski definition) is 0. The molecule has 2 aromatic heterocycles. The predicted molar refractivity (Wildman–Crippen MR) is 82.7 cm³/mol. The summed E-state index contributed by atoms with van der Waals surface area (Å²) in [5, 5.41) is 1.09. The van der Waals surface area contributed by atoms with Gasteiger partial charge in [-0.2, -0.15) is 0 Å². The Balaban J connectivity index is 2.09. The van der Waals surface area contributed by atoms with Crippen molar-refractivity contribution < 1.29 is 4.42 Å². The van der Waals surface area contributed by atoms with Crippen molar-refractivity contribution in [3.05, 3.63) is 73.4 Å². The second kappa shape index (κ2) is 4.87. The highest BCUT2D eigenvalue weighted by molar-refractivity contribution is 6.03. The molecule has 0 fully saturated rings. The highest BCUT2D eigenvalue weighted by atomic mass is 16.3. The normalized spacial score (nSPS) is 10.9. The molecule has 4 aromatic rings. The zero-order chi connectivity index (χ0) is 14.1. The molecule has 21 heavy (non-hydrogen) atoms. The molecule has 0 N–H and O–H groups in total. The lowest BCUT2D eigenvalue weighted by Crippen LogP contribution is -1.87. The molecule has 0 saturated carbocycles. The number of aromatic nitrogens is 2. The fourth-order valence-electron chi connectivity index (χ4n) is 2.62. The maximum absolute atomic E-state index is 5.48. The lowest BCUT2D eigenvalue weighted by Gasteiger charge is -2.09. The number of rotatable bonds is 2. The van der Waals surface area contributed by atoms with Gasteiger partial charge in [0.25, 0.3) is 0 Å². The molecule has 0 aliphatic heterocycles. The van der Waals surface area contributed by atoms with Gasteiger partial charge in [0.2, 0.25) is 0 Å². The van der Waals surface area contributed by atoms with Gasteiger partial charge in [0.15, 0.2) is 12.2 Å². The Morgan fingerprint density at radius 1 is 0.810 bits per heavy atom. The summed E-state index contributed by atoms with van der Waals surface area (Å²) in [4.78, 5) is 8.50. The van der Waals surface area contributed by atoms with Gasteiger partial charge in [-0.25, -0.2) is 4.98 Å². The molecule has 100 valence electrons. The molecule has 4 rings (SSSR count). The topological polar surface area (TPSA) is 38.9 Å². The van der Waals surface area contributed by atoms with Crippen LogP contribution in [0.15, 0.2) is 77.8 Å². The van der Waals surface area contributed by atoms with Crippen molar-refractivity contribution >= 4 is 10.9 Å². The van der Waals surface area contributed by atoms with Gasteiger partial charge >= 0.3 is 0 Å². The second-order valence-corrected chi connectivity index (χ2v) is 4.79. The summed E-state index contributed by atoms with van der Waals surface area (Å²) in [6, 6.07) is 18.4. The first-order valence-electron chi connectivity index (χ1n) is 6.75. The Morgan fingerprint density at radius 2 is 1.71 bits per heavy atom. The van der Waals surface area contributed by atoms with Crippen molar-refractivity contribution in [1.82, 2.24) is 9.97 Å². The minimum absolute atomic E-state index is 0.755. The molecule has 0 spiro atoms. The van der Waals surface area contributed by atoms with Crippen LogP contribution in [0.2, 0.25) is 0 Å². The summed E-state index contributed by atoms with van der Waals surface area (Å²) >= 11 is 0. The first-order chi connectivity index (χ1) is 10.4. The van der Waals surface area contributed by atoms with Gasteiger partial charge in [-0.05, 0) is 23.3 Å². The first kappa shape index (κ1) is 11.9. The quantitative estimate of drug-likeness (QED) is 0.537. The lowest BCUT2D eigenvalue weighted by molar-refractivity contribution is 0.572. The Labute approximate surface area is 121 Å². The second-order valence-electron chi connectivity index (χ2n) is 4.79. The summed E-state index contributed by atoms with van der Waals surface area (Å²) in [7, 11) is 0. The highest BCUT2D eigenvalue weighted by Gasteiger charge is 2.12. The molecule has 3 heteroatoms. The molecule has 2 heterocycles. The van der Waals surface area contributed by atoms with Gasteiger partial charge in [-0.3, -0.25) is 4.98 Å². The van der Waals surface area contributed by atoms with E-state index in [4.69, 9.17) is 4.42 Å². The van der Waals surface area contributed by atoms with Crippen LogP contribution in [0.5, 0.6) is 0 Å². The third-order valence-electron chi connectivity index (χ3n) is 3.55. The van der Waals surface area contributed by atoms with Crippen LogP contribution < -0.4 is 0 Å². The van der Waals surface area contributed by atoms with Crippen LogP contribution >= 0.6 is 0 Å². The van der Waals surface area contributed by atoms with E-state index in [0.29, 0.717) is 0 Å². The largest absolute Gasteiger partial charge is 0.443 e. The maximum Gasteiger partial charge on any atom is 0.181 e. The van der Waals surface area contributed by atoms with Gasteiger partial charge in [0, 0.05) is 17.1 Å². The molecule has 0 amide bonds. The van der Waals surface area contributed by atoms with Gasteiger partial charge in [-0.15, -0.1) is 0 Å². The van der Waals surface area contributed by atoms with Crippen LogP contribution in [-0.2, 0) is 0 Å². The van der Waals surface area contributed by atoms with E-state index in [1.807, 2.05) is 36.4 Å². The van der Waals surface area contributed by atoms with Crippen molar-refractivity contribution in [3.8, 4) is 22.5 Å². The summed E-state index contributed by atoms with van der Waals surface area (Å²) in [6.07, 6.45) is 4.98. The minimum Gasteiger partial charge on any atom is -0.443 e. The number of nitrogens with zero attached hydrogens (tertiary/aromatic N) is 2. The third kappa shape index (κ3) is 1.99. The monoisotopic (exact) mass is 272 g/mol. The standard InChI is InChI=1S/C18H12N2O/c1-2-5-13(6-3-1)14-7-4-8-16-18(14)15(9-10-20-16)17-11-19-12-21-17/h1-12H. The van der Waals surface area contributed by atoms with Gasteiger partial charge in [0.1, 0.15) is 0 Å². The predicted octanol–water partition coefficient (Wildman–Crippen LogP) is 4.56. The Kier molecular flexibility index (Phi) is 2.75. The van der Waals surface area contributed by atoms with E-state index >= 15 is 0 Å². The number of benzene rings is 2. The molecule has 2 aromatic carbocycles. The fourth-order valence-corrected chi connectivity index (χ4v) is 2.62. The first-order valence-corrected chi connectivity index (χ1v) is 6.75. The van der Waals surface area contributed by atoms with E-state index in [-0.39, 0.29) is 0 Å². The highest BCUT2D eigenvalue weighted by Crippen LogP contribution is 2.35. The minimum atomic E-state index is 0.755. The van der Waals surface area contributed by atoms with E-state index in [2.05, 4.69) is 28.2 Å². The summed E-state index contributed by atoms with van der Waals surface area (Å²) in [5.74, 6) is 0.755. The summed E-state index contributed by atoms with van der Waals surface area (Å²) in [6.45, 7) is 0. The summed E-state index contributed by atoms with van der Waals surface area (Å²) in [5.41, 5.74) is 4.27. The van der Waals surface area contributed by atoms with Crippen LogP contribution in [0.25, 0.3) is 33.4 Å². The number of oxazole rings is 1. The molecule has 0 unspecified atom stereocenters. The number of fused-ring (bicyclic) bond motifs is 1. The zero-order valence-electron chi connectivity index (χ0n) is 11.2. The molecular weight excluding hydrogens is 260 g/mol. The van der Waals surface area contributed by atoms with Gasteiger partial charge in [0.05, 0.1) is 11.7 Å². The Morgan fingerprint density at radius 3 is 2.52 bits per heavy atom. The zero-order valence-corrected chi connectivity index (χ0v) is 11.2. The smallest absolute Gasteiger partial charge is 0.181 e. The van der Waals surface area contributed by atoms with Crippen LogP contribution in [0.3, 0.4) is 0 Å². The van der Waals surface area contributed by atoms with Crippen molar-refractivity contribution in [3.63, 3.8) is 0 Å².